The topological polar surface area (TPSA) is 71.5 Å². The Morgan fingerprint density at radius 3 is 2.17 bits per heavy atom. The third-order valence-corrected chi connectivity index (χ3v) is 4.74. The number of hydrogen-bond acceptors (Lipinski definition) is 4. The minimum atomic E-state index is -1.10. The van der Waals surface area contributed by atoms with Gasteiger partial charge in [0.1, 0.15) is 11.8 Å². The summed E-state index contributed by atoms with van der Waals surface area (Å²) in [4.78, 5) is 51.8. The molecule has 2 amide bonds. The smallest absolute Gasteiger partial charge is 0.260 e. The van der Waals surface area contributed by atoms with Crippen LogP contribution in [-0.4, -0.2) is 35.3 Å². The van der Waals surface area contributed by atoms with Gasteiger partial charge in [0.25, 0.3) is 5.91 Å². The van der Waals surface area contributed by atoms with E-state index in [4.69, 9.17) is 0 Å². The molecule has 0 aromatic heterocycles. The zero-order valence-electron chi connectivity index (χ0n) is 12.9. The van der Waals surface area contributed by atoms with Crippen molar-refractivity contribution in [3.05, 3.63) is 70.8 Å². The zero-order valence-corrected chi connectivity index (χ0v) is 12.9. The van der Waals surface area contributed by atoms with E-state index in [1.165, 1.54) is 7.05 Å². The summed E-state index contributed by atoms with van der Waals surface area (Å²) in [5.41, 5.74) is 1.39. The highest BCUT2D eigenvalue weighted by Gasteiger charge is 2.50. The Kier molecular flexibility index (Phi) is 3.00. The summed E-state index contributed by atoms with van der Waals surface area (Å²) in [6, 6.07) is 13.5. The Bertz CT molecular complexity index is 916. The average molecular weight is 319 g/mol. The average Bonchev–Trinajstić information content (AvgIpc) is 2.60. The number of carbonyl (C=O) groups excluding carboxylic acids is 4. The number of carbonyl (C=O) groups is 4. The molecule has 5 heteroatoms. The van der Waals surface area contributed by atoms with Crippen molar-refractivity contribution < 1.29 is 19.2 Å². The van der Waals surface area contributed by atoms with Gasteiger partial charge in [0.2, 0.25) is 5.91 Å². The van der Waals surface area contributed by atoms with E-state index in [1.807, 2.05) is 0 Å². The molecule has 2 aromatic rings. The van der Waals surface area contributed by atoms with Gasteiger partial charge in [-0.2, -0.15) is 0 Å². The van der Waals surface area contributed by atoms with Crippen LogP contribution < -0.4 is 0 Å². The number of likely N-dealkylation sites (N-methyl/N-ethyl adjacent to an activating group) is 1. The molecule has 24 heavy (non-hydrogen) atoms. The number of amides is 2. The van der Waals surface area contributed by atoms with Crippen LogP contribution in [0.25, 0.3) is 0 Å². The summed E-state index contributed by atoms with van der Waals surface area (Å²) in [7, 11) is 1.36. The molecule has 5 nitrogen and oxygen atoms in total. The Morgan fingerprint density at radius 2 is 1.46 bits per heavy atom. The highest BCUT2D eigenvalue weighted by atomic mass is 16.2. The summed E-state index contributed by atoms with van der Waals surface area (Å²) < 4.78 is 0. The molecule has 1 heterocycles. The largest absolute Gasteiger partial charge is 0.297 e. The molecule has 4 rings (SSSR count). The molecular weight excluding hydrogens is 306 g/mol. The number of imide groups is 1. The first-order valence-electron chi connectivity index (χ1n) is 7.60. The van der Waals surface area contributed by atoms with E-state index in [2.05, 4.69) is 0 Å². The SMILES string of the molecule is CN1C(=O)c2cccc3c2C(C(=O)C(c2ccccc2)C3=O)C1=O. The maximum absolute atomic E-state index is 13.0. The first-order valence-corrected chi connectivity index (χ1v) is 7.60. The van der Waals surface area contributed by atoms with Gasteiger partial charge in [-0.05, 0) is 17.2 Å². The Hall–Kier alpha value is -3.08. The van der Waals surface area contributed by atoms with Crippen LogP contribution in [-0.2, 0) is 9.59 Å². The van der Waals surface area contributed by atoms with Gasteiger partial charge in [0.15, 0.2) is 11.6 Å². The van der Waals surface area contributed by atoms with Crippen molar-refractivity contribution in [2.45, 2.75) is 11.8 Å². The van der Waals surface area contributed by atoms with E-state index < -0.39 is 29.4 Å². The highest BCUT2D eigenvalue weighted by molar-refractivity contribution is 6.30. The third kappa shape index (κ3) is 1.75. The second kappa shape index (κ2) is 4.96. The minimum absolute atomic E-state index is 0.257. The van der Waals surface area contributed by atoms with Crippen molar-refractivity contribution in [3.8, 4) is 0 Å². The molecule has 0 spiro atoms. The summed E-state index contributed by atoms with van der Waals surface area (Å²) in [6.07, 6.45) is 0. The van der Waals surface area contributed by atoms with Crippen molar-refractivity contribution in [2.75, 3.05) is 7.05 Å². The lowest BCUT2D eigenvalue weighted by atomic mass is 9.69. The second-order valence-corrected chi connectivity index (χ2v) is 6.01. The fourth-order valence-electron chi connectivity index (χ4n) is 3.55. The molecule has 1 aliphatic carbocycles. The Balaban J connectivity index is 1.99. The van der Waals surface area contributed by atoms with Crippen molar-refractivity contribution in [3.63, 3.8) is 0 Å². The van der Waals surface area contributed by atoms with Gasteiger partial charge in [-0.25, -0.2) is 0 Å². The molecule has 0 bridgehead atoms. The van der Waals surface area contributed by atoms with Crippen LogP contribution in [0.3, 0.4) is 0 Å². The summed E-state index contributed by atoms with van der Waals surface area (Å²) in [5, 5.41) is 0. The quantitative estimate of drug-likeness (QED) is 0.595. The zero-order chi connectivity index (χ0) is 17.0. The van der Waals surface area contributed by atoms with Gasteiger partial charge in [-0.1, -0.05) is 42.5 Å². The molecule has 0 radical (unpaired) electrons. The van der Waals surface area contributed by atoms with Crippen molar-refractivity contribution >= 4 is 23.4 Å². The molecule has 0 fully saturated rings. The highest BCUT2D eigenvalue weighted by Crippen LogP contribution is 2.42. The van der Waals surface area contributed by atoms with Crippen LogP contribution in [0.15, 0.2) is 48.5 Å². The van der Waals surface area contributed by atoms with Gasteiger partial charge >= 0.3 is 0 Å². The molecule has 0 saturated carbocycles. The maximum Gasteiger partial charge on any atom is 0.260 e. The molecule has 2 unspecified atom stereocenters. The van der Waals surface area contributed by atoms with Crippen molar-refractivity contribution in [1.29, 1.82) is 0 Å². The van der Waals surface area contributed by atoms with E-state index in [-0.39, 0.29) is 16.9 Å². The van der Waals surface area contributed by atoms with Crippen LogP contribution >= 0.6 is 0 Å². The van der Waals surface area contributed by atoms with Crippen LogP contribution in [0.2, 0.25) is 0 Å². The van der Waals surface area contributed by atoms with Crippen LogP contribution in [0, 0.1) is 0 Å². The van der Waals surface area contributed by atoms with Gasteiger partial charge in [0, 0.05) is 18.2 Å². The first-order chi connectivity index (χ1) is 11.5. The molecule has 0 saturated heterocycles. The Morgan fingerprint density at radius 1 is 0.792 bits per heavy atom. The number of benzene rings is 2. The number of ketones is 2. The van der Waals surface area contributed by atoms with Crippen molar-refractivity contribution in [1.82, 2.24) is 4.90 Å². The van der Waals surface area contributed by atoms with Crippen LogP contribution in [0.5, 0.6) is 0 Å². The molecule has 2 aromatic carbocycles. The fourth-order valence-corrected chi connectivity index (χ4v) is 3.55. The van der Waals surface area contributed by atoms with Gasteiger partial charge in [-0.15, -0.1) is 0 Å². The summed E-state index contributed by atoms with van der Waals surface area (Å²) in [5.74, 6) is -3.98. The molecule has 2 atom stereocenters. The number of nitrogens with zero attached hydrogens (tertiary/aromatic N) is 1. The van der Waals surface area contributed by atoms with Gasteiger partial charge in [-0.3, -0.25) is 24.1 Å². The minimum Gasteiger partial charge on any atom is -0.297 e. The normalized spacial score (nSPS) is 22.6. The number of rotatable bonds is 1. The summed E-state index contributed by atoms with van der Waals surface area (Å²) in [6.45, 7) is 0. The van der Waals surface area contributed by atoms with Crippen molar-refractivity contribution in [2.24, 2.45) is 0 Å². The van der Waals surface area contributed by atoms with E-state index in [0.717, 1.165) is 4.90 Å². The number of Topliss-reactive ketones (excluding diaryl/α,β-unsaturated/α-hetero) is 2. The van der Waals surface area contributed by atoms with E-state index in [1.54, 1.807) is 48.5 Å². The molecule has 2 aliphatic rings. The lowest BCUT2D eigenvalue weighted by Crippen LogP contribution is -2.49. The van der Waals surface area contributed by atoms with E-state index >= 15 is 0 Å². The molecule has 1 aliphatic heterocycles. The van der Waals surface area contributed by atoms with Crippen LogP contribution in [0.4, 0.5) is 0 Å². The first kappa shape index (κ1) is 14.5. The predicted octanol–water partition coefficient (Wildman–Crippen LogP) is 1.93. The predicted molar refractivity (Wildman–Crippen MR) is 84.8 cm³/mol. The number of hydrogen-bond donors (Lipinski definition) is 0. The summed E-state index contributed by atoms with van der Waals surface area (Å²) >= 11 is 0. The van der Waals surface area contributed by atoms with E-state index in [9.17, 15) is 19.2 Å². The van der Waals surface area contributed by atoms with Gasteiger partial charge in [0.05, 0.1) is 0 Å². The fraction of sp³-hybridized carbons (Fsp3) is 0.158. The monoisotopic (exact) mass is 319 g/mol. The molecular formula is C19H13NO4. The molecule has 0 N–H and O–H groups in total. The molecule has 118 valence electrons. The van der Waals surface area contributed by atoms with E-state index in [0.29, 0.717) is 11.1 Å². The third-order valence-electron chi connectivity index (χ3n) is 4.74. The maximum atomic E-state index is 13.0. The van der Waals surface area contributed by atoms with Gasteiger partial charge < -0.3 is 0 Å². The Labute approximate surface area is 137 Å². The second-order valence-electron chi connectivity index (χ2n) is 6.01. The van der Waals surface area contributed by atoms with Crippen LogP contribution in [0.1, 0.15) is 43.7 Å². The standard InChI is InChI=1S/C19H13NO4/c1-20-18(23)12-9-5-8-11-14(12)15(19(20)24)17(22)13(16(11)21)10-6-3-2-4-7-10/h2-9,13,15H,1H3. The lowest BCUT2D eigenvalue weighted by molar-refractivity contribution is -0.135. The lowest BCUT2D eigenvalue weighted by Gasteiger charge is -2.35.